The summed E-state index contributed by atoms with van der Waals surface area (Å²) in [6.45, 7) is 5.80. The highest BCUT2D eigenvalue weighted by atomic mass is 32.1. The van der Waals surface area contributed by atoms with Crippen molar-refractivity contribution in [1.29, 1.82) is 0 Å². The number of Topliss-reactive ketones (excluding diaryl/α,β-unsaturated/α-hetero) is 1. The van der Waals surface area contributed by atoms with E-state index in [0.717, 1.165) is 10.0 Å². The van der Waals surface area contributed by atoms with Crippen LogP contribution in [0.25, 0.3) is 0 Å². The lowest BCUT2D eigenvalue weighted by Gasteiger charge is -2.21. The van der Waals surface area contributed by atoms with E-state index in [-0.39, 0.29) is 17.1 Å². The normalized spacial score (nSPS) is 12.0. The zero-order valence-corrected chi connectivity index (χ0v) is 11.6. The van der Waals surface area contributed by atoms with E-state index in [0.29, 0.717) is 0 Å². The summed E-state index contributed by atoms with van der Waals surface area (Å²) >= 11 is 3.02. The van der Waals surface area contributed by atoms with Gasteiger partial charge in [-0.05, 0) is 0 Å². The Bertz CT molecular complexity index is 449. The second-order valence-electron chi connectivity index (χ2n) is 4.79. The van der Waals surface area contributed by atoms with Crippen molar-refractivity contribution < 1.29 is 4.79 Å². The number of rotatable bonds is 3. The number of ketones is 1. The van der Waals surface area contributed by atoms with Gasteiger partial charge in [0.25, 0.3) is 0 Å². The van der Waals surface area contributed by atoms with E-state index in [2.05, 4.69) is 9.97 Å². The SMILES string of the molecule is CC(C)(C)C(=O)C(c1nccs1)c1nccs1. The van der Waals surface area contributed by atoms with Crippen molar-refractivity contribution >= 4 is 28.5 Å². The van der Waals surface area contributed by atoms with Gasteiger partial charge in [0.1, 0.15) is 15.9 Å². The number of hydrogen-bond donors (Lipinski definition) is 0. The predicted octanol–water partition coefficient (Wildman–Crippen LogP) is 3.35. The average molecular weight is 266 g/mol. The van der Waals surface area contributed by atoms with E-state index in [9.17, 15) is 4.79 Å². The first-order valence-corrected chi connectivity index (χ1v) is 7.09. The molecule has 0 aromatic carbocycles. The van der Waals surface area contributed by atoms with Gasteiger partial charge in [0.2, 0.25) is 0 Å². The van der Waals surface area contributed by atoms with Crippen LogP contribution in [0.15, 0.2) is 23.2 Å². The smallest absolute Gasteiger partial charge is 0.154 e. The fourth-order valence-electron chi connectivity index (χ4n) is 1.52. The van der Waals surface area contributed by atoms with Crippen molar-refractivity contribution in [3.8, 4) is 0 Å². The Hall–Kier alpha value is -1.07. The summed E-state index contributed by atoms with van der Waals surface area (Å²) in [4.78, 5) is 21.0. The Morgan fingerprint density at radius 3 is 1.88 bits per heavy atom. The summed E-state index contributed by atoms with van der Waals surface area (Å²) in [5, 5.41) is 5.46. The molecule has 0 saturated heterocycles. The molecular formula is C12H14N2OS2. The van der Waals surface area contributed by atoms with Gasteiger partial charge in [0.15, 0.2) is 5.78 Å². The van der Waals surface area contributed by atoms with Crippen LogP contribution in [0.4, 0.5) is 0 Å². The Labute approximate surface area is 109 Å². The molecule has 3 nitrogen and oxygen atoms in total. The quantitative estimate of drug-likeness (QED) is 0.855. The maximum atomic E-state index is 12.5. The zero-order valence-electron chi connectivity index (χ0n) is 10.0. The van der Waals surface area contributed by atoms with E-state index in [1.807, 2.05) is 31.5 Å². The van der Waals surface area contributed by atoms with E-state index < -0.39 is 0 Å². The minimum absolute atomic E-state index is 0.169. The molecule has 0 aliphatic heterocycles. The molecule has 0 amide bonds. The van der Waals surface area contributed by atoms with E-state index in [1.165, 1.54) is 22.7 Å². The third-order valence-corrected chi connectivity index (χ3v) is 4.08. The van der Waals surface area contributed by atoms with Gasteiger partial charge >= 0.3 is 0 Å². The summed E-state index contributed by atoms with van der Waals surface area (Å²) in [5.74, 6) is -0.141. The topological polar surface area (TPSA) is 42.9 Å². The van der Waals surface area contributed by atoms with Gasteiger partial charge in [-0.15, -0.1) is 22.7 Å². The van der Waals surface area contributed by atoms with E-state index in [1.54, 1.807) is 12.4 Å². The number of thiazole rings is 2. The first-order chi connectivity index (χ1) is 8.00. The van der Waals surface area contributed by atoms with Gasteiger partial charge in [-0.1, -0.05) is 20.8 Å². The Morgan fingerprint density at radius 2 is 1.59 bits per heavy atom. The van der Waals surface area contributed by atoms with Gasteiger partial charge < -0.3 is 0 Å². The predicted molar refractivity (Wildman–Crippen MR) is 70.5 cm³/mol. The van der Waals surface area contributed by atoms with Crippen molar-refractivity contribution in [3.05, 3.63) is 33.2 Å². The highest BCUT2D eigenvalue weighted by Crippen LogP contribution is 2.34. The number of carbonyl (C=O) groups is 1. The number of nitrogens with zero attached hydrogens (tertiary/aromatic N) is 2. The fourth-order valence-corrected chi connectivity index (χ4v) is 3.07. The third kappa shape index (κ3) is 2.61. The molecule has 5 heteroatoms. The van der Waals surface area contributed by atoms with Crippen LogP contribution in [0.3, 0.4) is 0 Å². The minimum Gasteiger partial charge on any atom is -0.298 e. The van der Waals surface area contributed by atoms with Gasteiger partial charge in [-0.3, -0.25) is 4.79 Å². The van der Waals surface area contributed by atoms with Gasteiger partial charge in [-0.2, -0.15) is 0 Å². The van der Waals surface area contributed by atoms with Crippen LogP contribution in [-0.4, -0.2) is 15.8 Å². The fraction of sp³-hybridized carbons (Fsp3) is 0.417. The van der Waals surface area contributed by atoms with Crippen LogP contribution in [0.1, 0.15) is 36.7 Å². The van der Waals surface area contributed by atoms with E-state index >= 15 is 0 Å². The standard InChI is InChI=1S/C12H14N2OS2/c1-12(2,3)9(15)8(10-13-4-6-16-10)11-14-5-7-17-11/h4-8H,1-3H3. The molecule has 0 radical (unpaired) electrons. The second kappa shape index (κ2) is 4.66. The molecule has 0 unspecified atom stereocenters. The zero-order chi connectivity index (χ0) is 12.5. The molecule has 0 bridgehead atoms. The lowest BCUT2D eigenvalue weighted by atomic mass is 9.83. The summed E-state index contributed by atoms with van der Waals surface area (Å²) in [6.07, 6.45) is 3.47. The van der Waals surface area contributed by atoms with Crippen LogP contribution >= 0.6 is 22.7 Å². The lowest BCUT2D eigenvalue weighted by Crippen LogP contribution is -2.27. The monoisotopic (exact) mass is 266 g/mol. The van der Waals surface area contributed by atoms with Crippen LogP contribution < -0.4 is 0 Å². The van der Waals surface area contributed by atoms with Crippen LogP contribution in [-0.2, 0) is 4.79 Å². The number of hydrogen-bond acceptors (Lipinski definition) is 5. The molecule has 0 N–H and O–H groups in total. The van der Waals surface area contributed by atoms with Crippen LogP contribution in [0.2, 0.25) is 0 Å². The molecule has 0 spiro atoms. The second-order valence-corrected chi connectivity index (χ2v) is 6.64. The van der Waals surface area contributed by atoms with Gasteiger partial charge in [0, 0.05) is 28.6 Å². The lowest BCUT2D eigenvalue weighted by molar-refractivity contribution is -0.126. The summed E-state index contributed by atoms with van der Waals surface area (Å²) in [6, 6.07) is 0. The molecule has 0 saturated carbocycles. The summed E-state index contributed by atoms with van der Waals surface area (Å²) < 4.78 is 0. The molecule has 2 rings (SSSR count). The average Bonchev–Trinajstić information content (AvgIpc) is 2.88. The Balaban J connectivity index is 2.43. The maximum Gasteiger partial charge on any atom is 0.154 e. The van der Waals surface area contributed by atoms with Crippen LogP contribution in [0.5, 0.6) is 0 Å². The molecule has 0 aliphatic rings. The van der Waals surface area contributed by atoms with Crippen molar-refractivity contribution in [2.45, 2.75) is 26.7 Å². The largest absolute Gasteiger partial charge is 0.298 e. The highest BCUT2D eigenvalue weighted by Gasteiger charge is 2.34. The molecule has 0 atom stereocenters. The molecule has 90 valence electrons. The van der Waals surface area contributed by atoms with Gasteiger partial charge in [0.05, 0.1) is 0 Å². The number of aromatic nitrogens is 2. The molecule has 2 heterocycles. The summed E-state index contributed by atoms with van der Waals surface area (Å²) in [5.41, 5.74) is -0.387. The Morgan fingerprint density at radius 1 is 1.12 bits per heavy atom. The first-order valence-electron chi connectivity index (χ1n) is 5.33. The van der Waals surface area contributed by atoms with Crippen molar-refractivity contribution in [2.75, 3.05) is 0 Å². The van der Waals surface area contributed by atoms with Crippen molar-refractivity contribution in [3.63, 3.8) is 0 Å². The molecule has 0 fully saturated rings. The molecule has 0 aliphatic carbocycles. The maximum absolute atomic E-state index is 12.5. The Kier molecular flexibility index (Phi) is 3.40. The van der Waals surface area contributed by atoms with Crippen molar-refractivity contribution in [1.82, 2.24) is 9.97 Å². The third-order valence-electron chi connectivity index (χ3n) is 2.40. The minimum atomic E-state index is -0.387. The van der Waals surface area contributed by atoms with E-state index in [4.69, 9.17) is 0 Å². The van der Waals surface area contributed by atoms with Crippen molar-refractivity contribution in [2.24, 2.45) is 5.41 Å². The summed E-state index contributed by atoms with van der Waals surface area (Å²) in [7, 11) is 0. The molecule has 17 heavy (non-hydrogen) atoms. The molecule has 2 aromatic rings. The van der Waals surface area contributed by atoms with Gasteiger partial charge in [-0.25, -0.2) is 9.97 Å². The number of carbonyl (C=O) groups excluding carboxylic acids is 1. The first kappa shape index (κ1) is 12.4. The highest BCUT2D eigenvalue weighted by molar-refractivity contribution is 7.11. The molecule has 2 aromatic heterocycles. The molecular weight excluding hydrogens is 252 g/mol. The van der Waals surface area contributed by atoms with Crippen LogP contribution in [0, 0.1) is 5.41 Å².